The normalized spacial score (nSPS) is 15.5. The van der Waals surface area contributed by atoms with Gasteiger partial charge in [-0.3, -0.25) is 0 Å². The van der Waals surface area contributed by atoms with E-state index in [1.54, 1.807) is 13.8 Å². The van der Waals surface area contributed by atoms with E-state index in [1.807, 2.05) is 18.2 Å². The maximum Gasteiger partial charge on any atom is 0.333 e. The summed E-state index contributed by atoms with van der Waals surface area (Å²) in [7, 11) is 0. The van der Waals surface area contributed by atoms with E-state index in [0.29, 0.717) is 23.0 Å². The number of thiol groups is 3. The first-order chi connectivity index (χ1) is 28.4. The van der Waals surface area contributed by atoms with Crippen LogP contribution >= 0.6 is 37.9 Å². The van der Waals surface area contributed by atoms with Crippen LogP contribution in [-0.4, -0.2) is 49.0 Å². The number of unbranched alkanes of at least 4 members (excludes halogenated alkanes) is 2. The molecular formula is C50H67FO5S3. The predicted octanol–water partition coefficient (Wildman–Crippen LogP) is 12.8. The van der Waals surface area contributed by atoms with Crippen molar-refractivity contribution in [3.05, 3.63) is 101 Å². The van der Waals surface area contributed by atoms with E-state index in [1.165, 1.54) is 38.5 Å². The number of esters is 2. The molecule has 3 aromatic carbocycles. The minimum Gasteiger partial charge on any atom is -0.492 e. The number of hydrogen-bond donors (Lipinski definition) is 3. The maximum absolute atomic E-state index is 16.2. The van der Waals surface area contributed by atoms with Crippen molar-refractivity contribution in [2.45, 2.75) is 117 Å². The molecule has 1 fully saturated rings. The third-order valence-electron chi connectivity index (χ3n) is 11.7. The lowest BCUT2D eigenvalue weighted by molar-refractivity contribution is -0.149. The molecule has 0 spiro atoms. The summed E-state index contributed by atoms with van der Waals surface area (Å²) < 4.78 is 33.9. The lowest BCUT2D eigenvalue weighted by Gasteiger charge is -2.31. The van der Waals surface area contributed by atoms with Gasteiger partial charge in [0.1, 0.15) is 31.4 Å². The maximum atomic E-state index is 16.2. The summed E-state index contributed by atoms with van der Waals surface area (Å²) in [5, 5.41) is 0. The molecule has 0 N–H and O–H groups in total. The largest absolute Gasteiger partial charge is 0.492 e. The Balaban J connectivity index is 1.65. The summed E-state index contributed by atoms with van der Waals surface area (Å²) in [4.78, 5) is 24.8. The van der Waals surface area contributed by atoms with E-state index in [4.69, 9.17) is 14.2 Å². The quantitative estimate of drug-likeness (QED) is 0.0362. The fourth-order valence-corrected chi connectivity index (χ4v) is 8.57. The molecule has 1 saturated carbocycles. The van der Waals surface area contributed by atoms with Crippen LogP contribution in [-0.2, 0) is 38.3 Å². The van der Waals surface area contributed by atoms with Gasteiger partial charge < -0.3 is 14.2 Å². The number of carbonyl (C=O) groups excluding carboxylic acids is 2. The second kappa shape index (κ2) is 24.3. The van der Waals surface area contributed by atoms with Gasteiger partial charge in [-0.05, 0) is 152 Å². The van der Waals surface area contributed by atoms with E-state index in [9.17, 15) is 9.59 Å². The Bertz CT molecular complexity index is 1850. The molecule has 0 unspecified atom stereocenters. The molecule has 9 heteroatoms. The van der Waals surface area contributed by atoms with Crippen LogP contribution < -0.4 is 4.74 Å². The molecule has 1 aliphatic carbocycles. The Labute approximate surface area is 370 Å². The van der Waals surface area contributed by atoms with Gasteiger partial charge in [-0.1, -0.05) is 83.0 Å². The lowest BCUT2D eigenvalue weighted by Crippen LogP contribution is -2.41. The summed E-state index contributed by atoms with van der Waals surface area (Å²) in [5.41, 5.74) is 7.74. The molecule has 0 heterocycles. The highest BCUT2D eigenvalue weighted by Crippen LogP contribution is 2.41. The molecule has 0 aliphatic heterocycles. The Hall–Kier alpha value is -3.14. The Morgan fingerprint density at radius 2 is 1.36 bits per heavy atom. The molecule has 4 rings (SSSR count). The van der Waals surface area contributed by atoms with Gasteiger partial charge in [-0.25, -0.2) is 14.0 Å². The minimum absolute atomic E-state index is 0.0726. The highest BCUT2D eigenvalue weighted by atomic mass is 32.1. The first kappa shape index (κ1) is 48.5. The molecule has 0 bridgehead atoms. The van der Waals surface area contributed by atoms with Crippen LogP contribution in [0.4, 0.5) is 4.39 Å². The number of benzene rings is 3. The van der Waals surface area contributed by atoms with Crippen molar-refractivity contribution < 1.29 is 28.2 Å². The molecular weight excluding hydrogens is 796 g/mol. The van der Waals surface area contributed by atoms with Gasteiger partial charge in [0.05, 0.1) is 5.41 Å². The van der Waals surface area contributed by atoms with Gasteiger partial charge in [-0.2, -0.15) is 37.9 Å². The fourth-order valence-electron chi connectivity index (χ4n) is 7.98. The van der Waals surface area contributed by atoms with Crippen molar-refractivity contribution in [2.24, 2.45) is 11.3 Å². The fraction of sp³-hybridized carbons (Fsp3) is 0.520. The summed E-state index contributed by atoms with van der Waals surface area (Å²) in [5.74, 6) is 2.34. The Morgan fingerprint density at radius 1 is 0.729 bits per heavy atom. The van der Waals surface area contributed by atoms with Gasteiger partial charge >= 0.3 is 11.9 Å². The van der Waals surface area contributed by atoms with Crippen LogP contribution in [0.1, 0.15) is 120 Å². The highest BCUT2D eigenvalue weighted by molar-refractivity contribution is 7.80. The molecule has 322 valence electrons. The molecule has 59 heavy (non-hydrogen) atoms. The summed E-state index contributed by atoms with van der Waals surface area (Å²) in [6, 6.07) is 16.7. The van der Waals surface area contributed by atoms with E-state index in [2.05, 4.69) is 95.2 Å². The topological polar surface area (TPSA) is 61.8 Å². The molecule has 0 saturated heterocycles. The smallest absolute Gasteiger partial charge is 0.333 e. The molecule has 0 radical (unpaired) electrons. The van der Waals surface area contributed by atoms with E-state index >= 15 is 4.39 Å². The average Bonchev–Trinajstić information content (AvgIpc) is 3.24. The van der Waals surface area contributed by atoms with Crippen molar-refractivity contribution in [1.29, 1.82) is 0 Å². The van der Waals surface area contributed by atoms with E-state index < -0.39 is 17.4 Å². The third-order valence-corrected chi connectivity index (χ3v) is 13.0. The summed E-state index contributed by atoms with van der Waals surface area (Å²) >= 11 is 13.7. The van der Waals surface area contributed by atoms with Crippen molar-refractivity contribution in [3.63, 3.8) is 0 Å². The third kappa shape index (κ3) is 13.9. The minimum atomic E-state index is -0.939. The Morgan fingerprint density at radius 3 is 1.92 bits per heavy atom. The van der Waals surface area contributed by atoms with Gasteiger partial charge in [0.2, 0.25) is 0 Å². The molecule has 0 aromatic heterocycles. The Kier molecular flexibility index (Phi) is 20.0. The number of carbonyl (C=O) groups is 2. The predicted molar refractivity (Wildman–Crippen MR) is 253 cm³/mol. The zero-order valence-electron chi connectivity index (χ0n) is 35.9. The first-order valence-corrected chi connectivity index (χ1v) is 23.5. The molecule has 0 atom stereocenters. The zero-order chi connectivity index (χ0) is 43.0. The van der Waals surface area contributed by atoms with Crippen LogP contribution in [0.3, 0.4) is 0 Å². The standard InChI is InChI=1S/C50H67FO5S3/c1-7-9-10-13-36-16-18-38(19-17-36)39-20-22-43(46(51)29-39)45-28-40(14-11-24-57)44(27-37(45)8-2)41-21-23-47(42(26-41)15-12-25-58)54-30-50(33-59,31-55-48(52)34(3)4)32-56-49(53)35(5)6/h20-23,26-29,36,38,57-59H,3,5,7-19,24-25,30-33H2,1-2,4,6H3. The van der Waals surface area contributed by atoms with Crippen LogP contribution in [0.5, 0.6) is 5.75 Å². The van der Waals surface area contributed by atoms with E-state index in [0.717, 1.165) is 95.6 Å². The number of rotatable bonds is 24. The van der Waals surface area contributed by atoms with Crippen LogP contribution in [0, 0.1) is 17.2 Å². The number of ether oxygens (including phenoxy) is 3. The van der Waals surface area contributed by atoms with Crippen molar-refractivity contribution in [2.75, 3.05) is 37.1 Å². The van der Waals surface area contributed by atoms with Crippen molar-refractivity contribution >= 4 is 49.8 Å². The van der Waals surface area contributed by atoms with Crippen LogP contribution in [0.2, 0.25) is 0 Å². The number of halogens is 1. The van der Waals surface area contributed by atoms with Crippen molar-refractivity contribution in [3.8, 4) is 28.0 Å². The molecule has 1 aliphatic rings. The number of hydrogen-bond acceptors (Lipinski definition) is 8. The summed E-state index contributed by atoms with van der Waals surface area (Å²) in [6.45, 7) is 14.8. The van der Waals surface area contributed by atoms with Crippen LogP contribution in [0.15, 0.2) is 72.8 Å². The monoisotopic (exact) mass is 862 g/mol. The van der Waals surface area contributed by atoms with Gasteiger partial charge in [-0.15, -0.1) is 0 Å². The van der Waals surface area contributed by atoms with Gasteiger partial charge in [0.15, 0.2) is 0 Å². The van der Waals surface area contributed by atoms with Gasteiger partial charge in [0, 0.05) is 22.5 Å². The van der Waals surface area contributed by atoms with E-state index in [-0.39, 0.29) is 42.5 Å². The van der Waals surface area contributed by atoms with Gasteiger partial charge in [0.25, 0.3) is 0 Å². The second-order valence-corrected chi connectivity index (χ2v) is 17.8. The molecule has 3 aromatic rings. The first-order valence-electron chi connectivity index (χ1n) is 21.6. The average molecular weight is 863 g/mol. The zero-order valence-corrected chi connectivity index (χ0v) is 38.6. The SMILES string of the molecule is C=C(C)C(=O)OCC(CS)(COC(=O)C(=C)C)COc1ccc(-c2cc(CC)c(-c3ccc(C4CCC(CCCCC)CC4)cc3F)cc2CCCS)cc1CCCS. The molecule has 5 nitrogen and oxygen atoms in total. The summed E-state index contributed by atoms with van der Waals surface area (Å²) in [6.07, 6.45) is 14.0. The van der Waals surface area contributed by atoms with Crippen molar-refractivity contribution in [1.82, 2.24) is 0 Å². The molecule has 0 amide bonds. The highest BCUT2D eigenvalue weighted by Gasteiger charge is 2.35. The van der Waals surface area contributed by atoms with Crippen LogP contribution in [0.25, 0.3) is 22.3 Å². The lowest BCUT2D eigenvalue weighted by atomic mass is 9.76. The second-order valence-electron chi connectivity index (χ2n) is 16.6. The number of aryl methyl sites for hydroxylation is 3.